The second-order valence-corrected chi connectivity index (χ2v) is 4.24. The van der Waals surface area contributed by atoms with Crippen molar-refractivity contribution in [2.24, 2.45) is 11.8 Å². The van der Waals surface area contributed by atoms with Crippen LogP contribution in [0.1, 0.15) is 26.2 Å². The lowest BCUT2D eigenvalue weighted by atomic mass is 9.83. The third kappa shape index (κ3) is 2.34. The number of alkyl halides is 1. The minimum absolute atomic E-state index is 0.0571. The topological polar surface area (TPSA) is 17.1 Å². The Morgan fingerprint density at radius 3 is 2.55 bits per heavy atom. The van der Waals surface area contributed by atoms with Gasteiger partial charge in [0, 0.05) is 11.3 Å². The van der Waals surface area contributed by atoms with Gasteiger partial charge < -0.3 is 0 Å². The van der Waals surface area contributed by atoms with E-state index >= 15 is 0 Å². The molecule has 11 heavy (non-hydrogen) atoms. The van der Waals surface area contributed by atoms with Gasteiger partial charge in [0.25, 0.3) is 0 Å². The molecule has 0 amide bonds. The highest BCUT2D eigenvalue weighted by atomic mass is 35.5. The standard InChI is InChI=1S/C8H12Cl2O/c1-5-4-6(8(10)11)2-3-7(5)9/h5-7H,2-4H2,1H3. The summed E-state index contributed by atoms with van der Waals surface area (Å²) in [6.45, 7) is 2.07. The van der Waals surface area contributed by atoms with Crippen LogP contribution in [0.3, 0.4) is 0 Å². The molecule has 1 fully saturated rings. The van der Waals surface area contributed by atoms with E-state index < -0.39 is 0 Å². The first kappa shape index (κ1) is 9.34. The van der Waals surface area contributed by atoms with E-state index in [4.69, 9.17) is 23.2 Å². The highest BCUT2D eigenvalue weighted by molar-refractivity contribution is 6.64. The number of halogens is 2. The van der Waals surface area contributed by atoms with Crippen LogP contribution >= 0.6 is 23.2 Å². The Bertz CT molecular complexity index is 158. The summed E-state index contributed by atoms with van der Waals surface area (Å²) < 4.78 is 0. The Balaban J connectivity index is 2.46. The monoisotopic (exact) mass is 194 g/mol. The molecule has 0 heterocycles. The van der Waals surface area contributed by atoms with E-state index in [1.165, 1.54) is 0 Å². The minimum Gasteiger partial charge on any atom is -0.281 e. The normalized spacial score (nSPS) is 38.6. The maximum Gasteiger partial charge on any atom is 0.224 e. The lowest BCUT2D eigenvalue weighted by molar-refractivity contribution is -0.116. The van der Waals surface area contributed by atoms with Crippen LogP contribution in [0.5, 0.6) is 0 Å². The molecule has 3 heteroatoms. The molecule has 0 aromatic rings. The molecular weight excluding hydrogens is 183 g/mol. The third-order valence-corrected chi connectivity index (χ3v) is 3.34. The summed E-state index contributed by atoms with van der Waals surface area (Å²) in [4.78, 5) is 10.8. The predicted octanol–water partition coefficient (Wildman–Crippen LogP) is 2.80. The van der Waals surface area contributed by atoms with E-state index in [0.717, 1.165) is 19.3 Å². The van der Waals surface area contributed by atoms with Crippen molar-refractivity contribution >= 4 is 28.4 Å². The molecule has 0 spiro atoms. The minimum atomic E-state index is -0.194. The largest absolute Gasteiger partial charge is 0.281 e. The van der Waals surface area contributed by atoms with Gasteiger partial charge in [-0.1, -0.05) is 6.92 Å². The average Bonchev–Trinajstić information content (AvgIpc) is 1.94. The molecule has 3 atom stereocenters. The van der Waals surface area contributed by atoms with Crippen LogP contribution in [0, 0.1) is 11.8 Å². The van der Waals surface area contributed by atoms with Gasteiger partial charge in [-0.05, 0) is 36.8 Å². The third-order valence-electron chi connectivity index (χ3n) is 2.39. The van der Waals surface area contributed by atoms with Crippen LogP contribution in [-0.2, 0) is 4.79 Å². The first-order chi connectivity index (χ1) is 5.11. The molecule has 1 aliphatic rings. The molecule has 64 valence electrons. The summed E-state index contributed by atoms with van der Waals surface area (Å²) in [5.41, 5.74) is 0. The van der Waals surface area contributed by atoms with Crippen molar-refractivity contribution in [3.8, 4) is 0 Å². The molecule has 1 nitrogen and oxygen atoms in total. The van der Waals surface area contributed by atoms with Gasteiger partial charge in [0.2, 0.25) is 5.24 Å². The fourth-order valence-corrected chi connectivity index (χ4v) is 1.99. The number of hydrogen-bond donors (Lipinski definition) is 0. The fraction of sp³-hybridized carbons (Fsp3) is 0.875. The first-order valence-corrected chi connectivity index (χ1v) is 4.76. The van der Waals surface area contributed by atoms with Gasteiger partial charge in [-0.25, -0.2) is 0 Å². The van der Waals surface area contributed by atoms with Gasteiger partial charge in [0.1, 0.15) is 0 Å². The molecular formula is C8H12Cl2O. The van der Waals surface area contributed by atoms with Crippen LogP contribution in [0.4, 0.5) is 0 Å². The molecule has 0 saturated heterocycles. The lowest BCUT2D eigenvalue weighted by Gasteiger charge is -2.28. The second kappa shape index (κ2) is 3.77. The van der Waals surface area contributed by atoms with E-state index in [0.29, 0.717) is 5.92 Å². The van der Waals surface area contributed by atoms with Crippen LogP contribution in [0.25, 0.3) is 0 Å². The second-order valence-electron chi connectivity index (χ2n) is 3.31. The summed E-state index contributed by atoms with van der Waals surface area (Å²) in [5.74, 6) is 0.486. The van der Waals surface area contributed by atoms with Gasteiger partial charge in [-0.2, -0.15) is 0 Å². The van der Waals surface area contributed by atoms with Gasteiger partial charge in [0.05, 0.1) is 0 Å². The maximum absolute atomic E-state index is 10.8. The molecule has 1 rings (SSSR count). The zero-order valence-corrected chi connectivity index (χ0v) is 8.03. The number of carbonyl (C=O) groups excluding carboxylic acids is 1. The molecule has 0 bridgehead atoms. The van der Waals surface area contributed by atoms with Crippen LogP contribution in [0.15, 0.2) is 0 Å². The Kier molecular flexibility index (Phi) is 3.20. The molecule has 1 aliphatic carbocycles. The summed E-state index contributed by atoms with van der Waals surface area (Å²) in [5, 5.41) is 0.0442. The van der Waals surface area contributed by atoms with Gasteiger partial charge in [0.15, 0.2) is 0 Å². The van der Waals surface area contributed by atoms with E-state index in [9.17, 15) is 4.79 Å². The number of carbonyl (C=O) groups is 1. The highest BCUT2D eigenvalue weighted by Gasteiger charge is 2.29. The zero-order chi connectivity index (χ0) is 8.43. The van der Waals surface area contributed by atoms with Gasteiger partial charge >= 0.3 is 0 Å². The smallest absolute Gasteiger partial charge is 0.224 e. The Morgan fingerprint density at radius 1 is 1.45 bits per heavy atom. The molecule has 0 aliphatic heterocycles. The van der Waals surface area contributed by atoms with Gasteiger partial charge in [-0.3, -0.25) is 4.79 Å². The Hall–Kier alpha value is 0.250. The van der Waals surface area contributed by atoms with E-state index in [1.807, 2.05) is 0 Å². The quantitative estimate of drug-likeness (QED) is 0.464. The van der Waals surface area contributed by atoms with Crippen molar-refractivity contribution in [3.63, 3.8) is 0 Å². The van der Waals surface area contributed by atoms with E-state index in [2.05, 4.69) is 6.92 Å². The summed E-state index contributed by atoms with van der Waals surface area (Å²) in [6.07, 6.45) is 2.64. The van der Waals surface area contributed by atoms with Crippen molar-refractivity contribution < 1.29 is 4.79 Å². The molecule has 0 aromatic heterocycles. The SMILES string of the molecule is CC1CC(C(=O)Cl)CCC1Cl. The van der Waals surface area contributed by atoms with Crippen molar-refractivity contribution in [2.75, 3.05) is 0 Å². The van der Waals surface area contributed by atoms with Gasteiger partial charge in [-0.15, -0.1) is 11.6 Å². The van der Waals surface area contributed by atoms with E-state index in [1.54, 1.807) is 0 Å². The van der Waals surface area contributed by atoms with Crippen molar-refractivity contribution in [2.45, 2.75) is 31.6 Å². The summed E-state index contributed by atoms with van der Waals surface area (Å²) in [6, 6.07) is 0. The molecule has 0 radical (unpaired) electrons. The van der Waals surface area contributed by atoms with Crippen LogP contribution in [0.2, 0.25) is 0 Å². The summed E-state index contributed by atoms with van der Waals surface area (Å²) in [7, 11) is 0. The molecule has 0 aromatic carbocycles. The van der Waals surface area contributed by atoms with Crippen LogP contribution < -0.4 is 0 Å². The number of hydrogen-bond acceptors (Lipinski definition) is 1. The predicted molar refractivity (Wildman–Crippen MR) is 47.0 cm³/mol. The molecule has 0 N–H and O–H groups in total. The van der Waals surface area contributed by atoms with Crippen LogP contribution in [-0.4, -0.2) is 10.6 Å². The molecule has 3 unspecified atom stereocenters. The average molecular weight is 195 g/mol. The summed E-state index contributed by atoms with van der Waals surface area (Å²) >= 11 is 11.4. The zero-order valence-electron chi connectivity index (χ0n) is 6.52. The molecule has 1 saturated carbocycles. The number of rotatable bonds is 1. The van der Waals surface area contributed by atoms with Crippen molar-refractivity contribution in [1.29, 1.82) is 0 Å². The van der Waals surface area contributed by atoms with Crippen molar-refractivity contribution in [3.05, 3.63) is 0 Å². The first-order valence-electron chi connectivity index (χ1n) is 3.94. The maximum atomic E-state index is 10.8. The Labute approximate surface area is 77.1 Å². The van der Waals surface area contributed by atoms with Crippen molar-refractivity contribution in [1.82, 2.24) is 0 Å². The Morgan fingerprint density at radius 2 is 2.09 bits per heavy atom. The highest BCUT2D eigenvalue weighted by Crippen LogP contribution is 2.33. The van der Waals surface area contributed by atoms with E-state index in [-0.39, 0.29) is 16.5 Å². The fourth-order valence-electron chi connectivity index (χ4n) is 1.57. The lowest BCUT2D eigenvalue weighted by Crippen LogP contribution is -2.26.